The fourth-order valence-electron chi connectivity index (χ4n) is 1.59. The van der Waals surface area contributed by atoms with Gasteiger partial charge in [0.15, 0.2) is 0 Å². The molecule has 1 fully saturated rings. The Morgan fingerprint density at radius 3 is 2.57 bits per heavy atom. The van der Waals surface area contributed by atoms with Gasteiger partial charge < -0.3 is 4.74 Å². The number of ether oxygens (including phenoxy) is 1. The Hall–Kier alpha value is -0.860. The van der Waals surface area contributed by atoms with Crippen LogP contribution < -0.4 is 0 Å². The molecule has 1 rings (SSSR count). The van der Waals surface area contributed by atoms with Gasteiger partial charge in [-0.05, 0) is 25.7 Å². The zero-order valence-electron chi connectivity index (χ0n) is 8.75. The highest BCUT2D eigenvalue weighted by molar-refractivity contribution is 5.94. The summed E-state index contributed by atoms with van der Waals surface area (Å²) in [5.41, 5.74) is 0. The van der Waals surface area contributed by atoms with Crippen molar-refractivity contribution in [3.05, 3.63) is 0 Å². The van der Waals surface area contributed by atoms with Crippen LogP contribution in [0.3, 0.4) is 0 Å². The molecule has 3 nitrogen and oxygen atoms in total. The van der Waals surface area contributed by atoms with Crippen LogP contribution in [0.4, 0.5) is 0 Å². The normalized spacial score (nSPS) is 16.1. The SMILES string of the molecule is CC(=O)CC(=O)OCCCC1CCC1. The van der Waals surface area contributed by atoms with E-state index in [-0.39, 0.29) is 18.2 Å². The maximum absolute atomic E-state index is 10.9. The average molecular weight is 198 g/mol. The molecule has 0 bridgehead atoms. The molecule has 80 valence electrons. The molecule has 0 spiro atoms. The lowest BCUT2D eigenvalue weighted by atomic mass is 9.82. The van der Waals surface area contributed by atoms with Crippen molar-refractivity contribution < 1.29 is 14.3 Å². The van der Waals surface area contributed by atoms with Crippen LogP contribution in [0.2, 0.25) is 0 Å². The van der Waals surface area contributed by atoms with E-state index in [4.69, 9.17) is 4.74 Å². The van der Waals surface area contributed by atoms with Gasteiger partial charge in [0.1, 0.15) is 12.2 Å². The van der Waals surface area contributed by atoms with Crippen molar-refractivity contribution in [1.29, 1.82) is 0 Å². The zero-order valence-corrected chi connectivity index (χ0v) is 8.75. The smallest absolute Gasteiger partial charge is 0.313 e. The van der Waals surface area contributed by atoms with Gasteiger partial charge in [0.25, 0.3) is 0 Å². The number of carbonyl (C=O) groups is 2. The molecule has 1 saturated carbocycles. The monoisotopic (exact) mass is 198 g/mol. The van der Waals surface area contributed by atoms with Gasteiger partial charge in [-0.1, -0.05) is 19.3 Å². The van der Waals surface area contributed by atoms with Crippen molar-refractivity contribution in [2.24, 2.45) is 5.92 Å². The number of Topliss-reactive ketones (excluding diaryl/α,β-unsaturated/α-hetero) is 1. The summed E-state index contributed by atoms with van der Waals surface area (Å²) in [7, 11) is 0. The largest absolute Gasteiger partial charge is 0.465 e. The Morgan fingerprint density at radius 2 is 2.07 bits per heavy atom. The summed E-state index contributed by atoms with van der Waals surface area (Å²) in [5, 5.41) is 0. The molecule has 1 aliphatic rings. The van der Waals surface area contributed by atoms with Crippen LogP contribution in [0, 0.1) is 5.92 Å². The molecule has 0 aromatic rings. The van der Waals surface area contributed by atoms with Gasteiger partial charge in [-0.15, -0.1) is 0 Å². The van der Waals surface area contributed by atoms with Crippen LogP contribution in [0.1, 0.15) is 45.4 Å². The Kier molecular flexibility index (Phi) is 4.63. The van der Waals surface area contributed by atoms with Crippen LogP contribution in [0.15, 0.2) is 0 Å². The number of carbonyl (C=O) groups excluding carboxylic acids is 2. The molecule has 1 aliphatic carbocycles. The van der Waals surface area contributed by atoms with Crippen molar-refractivity contribution in [3.8, 4) is 0 Å². The lowest BCUT2D eigenvalue weighted by Gasteiger charge is -2.24. The summed E-state index contributed by atoms with van der Waals surface area (Å²) in [6.07, 6.45) is 6.04. The molecule has 0 aromatic carbocycles. The predicted molar refractivity (Wildman–Crippen MR) is 52.8 cm³/mol. The minimum atomic E-state index is -0.383. The lowest BCUT2D eigenvalue weighted by Crippen LogP contribution is -2.13. The summed E-state index contributed by atoms with van der Waals surface area (Å²) in [6.45, 7) is 1.87. The third-order valence-corrected chi connectivity index (χ3v) is 2.64. The molecule has 0 atom stereocenters. The highest BCUT2D eigenvalue weighted by atomic mass is 16.5. The number of ketones is 1. The number of esters is 1. The lowest BCUT2D eigenvalue weighted by molar-refractivity contribution is -0.145. The summed E-state index contributed by atoms with van der Waals surface area (Å²) in [5.74, 6) is 0.349. The number of hydrogen-bond donors (Lipinski definition) is 0. The molecule has 0 aromatic heterocycles. The zero-order chi connectivity index (χ0) is 10.4. The van der Waals surface area contributed by atoms with E-state index in [1.807, 2.05) is 0 Å². The predicted octanol–water partition coefficient (Wildman–Crippen LogP) is 2.09. The van der Waals surface area contributed by atoms with Crippen LogP contribution in [-0.4, -0.2) is 18.4 Å². The molecular formula is C11H18O3. The minimum absolute atomic E-state index is 0.0799. The first-order valence-electron chi connectivity index (χ1n) is 5.33. The Labute approximate surface area is 84.8 Å². The fourth-order valence-corrected chi connectivity index (χ4v) is 1.59. The van der Waals surface area contributed by atoms with Crippen molar-refractivity contribution >= 4 is 11.8 Å². The van der Waals surface area contributed by atoms with E-state index >= 15 is 0 Å². The van der Waals surface area contributed by atoms with Crippen LogP contribution in [-0.2, 0) is 14.3 Å². The van der Waals surface area contributed by atoms with Crippen molar-refractivity contribution in [1.82, 2.24) is 0 Å². The molecule has 0 aliphatic heterocycles. The fraction of sp³-hybridized carbons (Fsp3) is 0.818. The second-order valence-corrected chi connectivity index (χ2v) is 4.04. The van der Waals surface area contributed by atoms with E-state index in [0.29, 0.717) is 6.61 Å². The first-order valence-corrected chi connectivity index (χ1v) is 5.33. The second kappa shape index (κ2) is 5.78. The second-order valence-electron chi connectivity index (χ2n) is 4.04. The van der Waals surface area contributed by atoms with Crippen molar-refractivity contribution in [3.63, 3.8) is 0 Å². The van der Waals surface area contributed by atoms with Crippen molar-refractivity contribution in [2.45, 2.75) is 45.4 Å². The van der Waals surface area contributed by atoms with Crippen LogP contribution >= 0.6 is 0 Å². The molecule has 0 heterocycles. The number of hydrogen-bond acceptors (Lipinski definition) is 3. The molecular weight excluding hydrogens is 180 g/mol. The van der Waals surface area contributed by atoms with Crippen LogP contribution in [0.25, 0.3) is 0 Å². The van der Waals surface area contributed by atoms with E-state index in [9.17, 15) is 9.59 Å². The summed E-state index contributed by atoms with van der Waals surface area (Å²) >= 11 is 0. The summed E-state index contributed by atoms with van der Waals surface area (Å²) in [4.78, 5) is 21.5. The van der Waals surface area contributed by atoms with Crippen molar-refractivity contribution in [2.75, 3.05) is 6.61 Å². The third kappa shape index (κ3) is 4.40. The van der Waals surface area contributed by atoms with E-state index < -0.39 is 0 Å². The van der Waals surface area contributed by atoms with E-state index in [0.717, 1.165) is 18.8 Å². The van der Waals surface area contributed by atoms with Gasteiger partial charge in [-0.2, -0.15) is 0 Å². The quantitative estimate of drug-likeness (QED) is 0.373. The Balaban J connectivity index is 1.91. The van der Waals surface area contributed by atoms with Crippen LogP contribution in [0.5, 0.6) is 0 Å². The van der Waals surface area contributed by atoms with Gasteiger partial charge in [-0.25, -0.2) is 0 Å². The van der Waals surface area contributed by atoms with E-state index in [2.05, 4.69) is 0 Å². The Morgan fingerprint density at radius 1 is 1.36 bits per heavy atom. The molecule has 0 radical (unpaired) electrons. The van der Waals surface area contributed by atoms with E-state index in [1.54, 1.807) is 0 Å². The summed E-state index contributed by atoms with van der Waals surface area (Å²) < 4.78 is 4.91. The number of rotatable bonds is 6. The van der Waals surface area contributed by atoms with Gasteiger partial charge in [0.05, 0.1) is 6.61 Å². The summed E-state index contributed by atoms with van der Waals surface area (Å²) in [6, 6.07) is 0. The first-order chi connectivity index (χ1) is 6.68. The molecule has 0 unspecified atom stereocenters. The Bertz CT molecular complexity index is 207. The van der Waals surface area contributed by atoms with Gasteiger partial charge in [0.2, 0.25) is 0 Å². The standard InChI is InChI=1S/C11H18O3/c1-9(12)8-11(13)14-7-3-6-10-4-2-5-10/h10H,2-8H2,1H3. The first kappa shape index (κ1) is 11.2. The average Bonchev–Trinajstić information content (AvgIpc) is 1.99. The molecule has 0 amide bonds. The van der Waals surface area contributed by atoms with Gasteiger partial charge in [0, 0.05) is 0 Å². The minimum Gasteiger partial charge on any atom is -0.465 e. The molecule has 0 N–H and O–H groups in total. The topological polar surface area (TPSA) is 43.4 Å². The molecule has 14 heavy (non-hydrogen) atoms. The third-order valence-electron chi connectivity index (χ3n) is 2.64. The van der Waals surface area contributed by atoms with Gasteiger partial charge >= 0.3 is 5.97 Å². The molecule has 0 saturated heterocycles. The maximum atomic E-state index is 10.9. The highest BCUT2D eigenvalue weighted by Crippen LogP contribution is 2.30. The van der Waals surface area contributed by atoms with E-state index in [1.165, 1.54) is 26.2 Å². The maximum Gasteiger partial charge on any atom is 0.313 e. The van der Waals surface area contributed by atoms with Gasteiger partial charge in [-0.3, -0.25) is 9.59 Å². The highest BCUT2D eigenvalue weighted by Gasteiger charge is 2.16. The molecule has 3 heteroatoms.